The Morgan fingerprint density at radius 2 is 2.14 bits per heavy atom. The van der Waals surface area contributed by atoms with Crippen LogP contribution in [0.4, 0.5) is 4.39 Å². The zero-order chi connectivity index (χ0) is 15.0. The number of carbonyl (C=O) groups excluding carboxylic acids is 2. The molecule has 0 saturated carbocycles. The van der Waals surface area contributed by atoms with Gasteiger partial charge in [-0.15, -0.1) is 0 Å². The van der Waals surface area contributed by atoms with E-state index >= 15 is 0 Å². The quantitative estimate of drug-likeness (QED) is 0.815. The third-order valence-electron chi connectivity index (χ3n) is 3.91. The third kappa shape index (κ3) is 2.61. The van der Waals surface area contributed by atoms with Crippen molar-refractivity contribution >= 4 is 23.4 Å². The average Bonchev–Trinajstić information content (AvgIpc) is 2.49. The fraction of sp³-hybridized carbons (Fsp3) is 0.429. The SMILES string of the molecule is O=C1C(=O)N2CCNCC2CN1Cc1cccc(F)c1Cl. The van der Waals surface area contributed by atoms with Gasteiger partial charge in [0.2, 0.25) is 0 Å². The van der Waals surface area contributed by atoms with Gasteiger partial charge < -0.3 is 15.1 Å². The van der Waals surface area contributed by atoms with Gasteiger partial charge in [0.05, 0.1) is 11.1 Å². The predicted octanol–water partition coefficient (Wildman–Crippen LogP) is 0.622. The van der Waals surface area contributed by atoms with Crippen LogP contribution in [-0.4, -0.2) is 53.8 Å². The molecule has 1 N–H and O–H groups in total. The first-order chi connectivity index (χ1) is 10.1. The van der Waals surface area contributed by atoms with Crippen molar-refractivity contribution in [2.24, 2.45) is 0 Å². The smallest absolute Gasteiger partial charge is 0.312 e. The first-order valence-electron chi connectivity index (χ1n) is 6.81. The van der Waals surface area contributed by atoms with Gasteiger partial charge in [0.15, 0.2) is 0 Å². The summed E-state index contributed by atoms with van der Waals surface area (Å²) in [5, 5.41) is 3.21. The molecular formula is C14H15ClFN3O2. The molecule has 0 bridgehead atoms. The minimum atomic E-state index is -0.548. The summed E-state index contributed by atoms with van der Waals surface area (Å²) in [5.41, 5.74) is 0.509. The van der Waals surface area contributed by atoms with Crippen LogP contribution >= 0.6 is 11.6 Å². The summed E-state index contributed by atoms with van der Waals surface area (Å²) >= 11 is 5.91. The van der Waals surface area contributed by atoms with Crippen LogP contribution in [0.1, 0.15) is 5.56 Å². The van der Waals surface area contributed by atoms with E-state index in [1.807, 2.05) is 0 Å². The number of hydrogen-bond donors (Lipinski definition) is 1. The molecule has 7 heteroatoms. The molecule has 2 aliphatic heterocycles. The molecule has 0 aliphatic carbocycles. The molecule has 0 radical (unpaired) electrons. The van der Waals surface area contributed by atoms with Gasteiger partial charge in [0.1, 0.15) is 5.82 Å². The minimum Gasteiger partial charge on any atom is -0.328 e. The Kier molecular flexibility index (Phi) is 3.82. The van der Waals surface area contributed by atoms with Crippen molar-refractivity contribution in [2.75, 3.05) is 26.2 Å². The third-order valence-corrected chi connectivity index (χ3v) is 4.33. The van der Waals surface area contributed by atoms with Crippen molar-refractivity contribution in [2.45, 2.75) is 12.6 Å². The summed E-state index contributed by atoms with van der Waals surface area (Å²) in [6, 6.07) is 4.44. The van der Waals surface area contributed by atoms with Crippen LogP contribution in [0, 0.1) is 5.82 Å². The van der Waals surface area contributed by atoms with E-state index in [9.17, 15) is 14.0 Å². The lowest BCUT2D eigenvalue weighted by atomic mass is 10.1. The Balaban J connectivity index is 1.80. The Hall–Kier alpha value is -1.66. The van der Waals surface area contributed by atoms with E-state index in [0.29, 0.717) is 31.7 Å². The second-order valence-corrected chi connectivity index (χ2v) is 5.63. The normalized spacial score (nSPS) is 22.5. The van der Waals surface area contributed by atoms with E-state index < -0.39 is 17.6 Å². The maximum Gasteiger partial charge on any atom is 0.312 e. The topological polar surface area (TPSA) is 52.7 Å². The standard InChI is InChI=1S/C14H15ClFN3O2/c15-12-9(2-1-3-11(12)16)7-18-8-10-6-17-4-5-19(10)14(21)13(18)20/h1-3,10,17H,4-8H2. The maximum atomic E-state index is 13.5. The Morgan fingerprint density at radius 3 is 2.95 bits per heavy atom. The van der Waals surface area contributed by atoms with Crippen molar-refractivity contribution in [3.05, 3.63) is 34.6 Å². The van der Waals surface area contributed by atoms with E-state index in [0.717, 1.165) is 0 Å². The number of rotatable bonds is 2. The lowest BCUT2D eigenvalue weighted by Gasteiger charge is -2.43. The molecule has 112 valence electrons. The number of fused-ring (bicyclic) bond motifs is 1. The number of piperazine rings is 2. The molecule has 2 amide bonds. The molecule has 1 unspecified atom stereocenters. The summed E-state index contributed by atoms with van der Waals surface area (Å²) < 4.78 is 13.5. The highest BCUT2D eigenvalue weighted by atomic mass is 35.5. The maximum absolute atomic E-state index is 13.5. The van der Waals surface area contributed by atoms with Crippen LogP contribution in [0.5, 0.6) is 0 Å². The molecule has 21 heavy (non-hydrogen) atoms. The van der Waals surface area contributed by atoms with Gasteiger partial charge >= 0.3 is 11.8 Å². The number of benzene rings is 1. The van der Waals surface area contributed by atoms with Crippen LogP contribution in [0.25, 0.3) is 0 Å². The largest absolute Gasteiger partial charge is 0.328 e. The molecule has 2 saturated heterocycles. The van der Waals surface area contributed by atoms with Gasteiger partial charge in [-0.3, -0.25) is 9.59 Å². The van der Waals surface area contributed by atoms with Crippen LogP contribution in [0.2, 0.25) is 5.02 Å². The molecule has 0 aromatic heterocycles. The van der Waals surface area contributed by atoms with Gasteiger partial charge in [-0.1, -0.05) is 23.7 Å². The molecule has 2 heterocycles. The highest BCUT2D eigenvalue weighted by Gasteiger charge is 2.40. The second-order valence-electron chi connectivity index (χ2n) is 5.26. The number of amides is 2. The van der Waals surface area contributed by atoms with Gasteiger partial charge in [-0.25, -0.2) is 4.39 Å². The van der Waals surface area contributed by atoms with E-state index in [2.05, 4.69) is 5.32 Å². The molecule has 3 rings (SSSR count). The number of halogens is 2. The van der Waals surface area contributed by atoms with E-state index in [1.54, 1.807) is 17.0 Å². The summed E-state index contributed by atoms with van der Waals surface area (Å²) in [7, 11) is 0. The minimum absolute atomic E-state index is 0.00180. The van der Waals surface area contributed by atoms with Crippen molar-refractivity contribution in [1.29, 1.82) is 0 Å². The van der Waals surface area contributed by atoms with Crippen molar-refractivity contribution < 1.29 is 14.0 Å². The Morgan fingerprint density at radius 1 is 1.33 bits per heavy atom. The highest BCUT2D eigenvalue weighted by Crippen LogP contribution is 2.23. The van der Waals surface area contributed by atoms with Crippen LogP contribution in [-0.2, 0) is 16.1 Å². The molecule has 5 nitrogen and oxygen atoms in total. The van der Waals surface area contributed by atoms with E-state index in [-0.39, 0.29) is 17.6 Å². The molecule has 1 aromatic rings. The average molecular weight is 312 g/mol. The highest BCUT2D eigenvalue weighted by molar-refractivity contribution is 6.35. The second kappa shape index (κ2) is 5.61. The van der Waals surface area contributed by atoms with Gasteiger partial charge in [-0.05, 0) is 11.6 Å². The summed E-state index contributed by atoms with van der Waals surface area (Å²) in [4.78, 5) is 27.3. The zero-order valence-electron chi connectivity index (χ0n) is 11.3. The van der Waals surface area contributed by atoms with E-state index in [1.165, 1.54) is 11.0 Å². The first-order valence-corrected chi connectivity index (χ1v) is 7.19. The monoisotopic (exact) mass is 311 g/mol. The molecule has 2 aliphatic rings. The van der Waals surface area contributed by atoms with E-state index in [4.69, 9.17) is 11.6 Å². The predicted molar refractivity (Wildman–Crippen MR) is 75.2 cm³/mol. The number of carbonyl (C=O) groups is 2. The lowest BCUT2D eigenvalue weighted by Crippen LogP contribution is -2.65. The molecule has 1 atom stereocenters. The zero-order valence-corrected chi connectivity index (χ0v) is 12.1. The summed E-state index contributed by atoms with van der Waals surface area (Å²) in [5.74, 6) is -1.56. The Bertz CT molecular complexity index is 596. The van der Waals surface area contributed by atoms with Crippen LogP contribution in [0.15, 0.2) is 18.2 Å². The number of nitrogens with one attached hydrogen (secondary N) is 1. The van der Waals surface area contributed by atoms with Gasteiger partial charge in [-0.2, -0.15) is 0 Å². The Labute approximate surface area is 126 Å². The fourth-order valence-corrected chi connectivity index (χ4v) is 2.99. The molecule has 2 fully saturated rings. The lowest BCUT2D eigenvalue weighted by molar-refractivity contribution is -0.160. The van der Waals surface area contributed by atoms with Crippen LogP contribution < -0.4 is 5.32 Å². The van der Waals surface area contributed by atoms with Crippen LogP contribution in [0.3, 0.4) is 0 Å². The van der Waals surface area contributed by atoms with Gasteiger partial charge in [0, 0.05) is 32.7 Å². The summed E-state index contributed by atoms with van der Waals surface area (Å²) in [6.45, 7) is 2.48. The first kappa shape index (κ1) is 14.3. The van der Waals surface area contributed by atoms with Crippen molar-refractivity contribution in [1.82, 2.24) is 15.1 Å². The number of nitrogens with zero attached hydrogens (tertiary/aromatic N) is 2. The summed E-state index contributed by atoms with van der Waals surface area (Å²) in [6.07, 6.45) is 0. The molecular weight excluding hydrogens is 297 g/mol. The molecule has 0 spiro atoms. The molecule has 1 aromatic carbocycles. The fourth-order valence-electron chi connectivity index (χ4n) is 2.80. The van der Waals surface area contributed by atoms with Gasteiger partial charge in [0.25, 0.3) is 0 Å². The number of hydrogen-bond acceptors (Lipinski definition) is 3. The van der Waals surface area contributed by atoms with Crippen molar-refractivity contribution in [3.8, 4) is 0 Å². The van der Waals surface area contributed by atoms with Crippen molar-refractivity contribution in [3.63, 3.8) is 0 Å².